The summed E-state index contributed by atoms with van der Waals surface area (Å²) in [6.45, 7) is 9.88. The van der Waals surface area contributed by atoms with Crippen molar-refractivity contribution >= 4 is 29.0 Å². The molecule has 186 valence electrons. The highest BCUT2D eigenvalue weighted by Gasteiger charge is 2.22. The maximum Gasteiger partial charge on any atom is 0.319 e. The van der Waals surface area contributed by atoms with Gasteiger partial charge in [0.1, 0.15) is 6.04 Å². The molecule has 0 aliphatic carbocycles. The van der Waals surface area contributed by atoms with Crippen LogP contribution in [0.4, 0.5) is 10.5 Å². The summed E-state index contributed by atoms with van der Waals surface area (Å²) < 4.78 is 0. The van der Waals surface area contributed by atoms with Crippen molar-refractivity contribution in [3.05, 3.63) is 77.7 Å². The normalized spacial score (nSPS) is 12.1. The Balaban J connectivity index is 1.61. The number of anilines is 1. The molecular weight excluding hydrogens is 456 g/mol. The van der Waals surface area contributed by atoms with Crippen LogP contribution in [0.25, 0.3) is 10.4 Å². The molecule has 0 saturated heterocycles. The van der Waals surface area contributed by atoms with E-state index in [-0.39, 0.29) is 5.91 Å². The van der Waals surface area contributed by atoms with Gasteiger partial charge in [-0.1, -0.05) is 48.5 Å². The van der Waals surface area contributed by atoms with E-state index < -0.39 is 12.1 Å². The van der Waals surface area contributed by atoms with Crippen molar-refractivity contribution in [3.63, 3.8) is 0 Å². The molecule has 35 heavy (non-hydrogen) atoms. The number of thiophene rings is 1. The maximum atomic E-state index is 13.1. The van der Waals surface area contributed by atoms with Gasteiger partial charge in [-0.3, -0.25) is 9.69 Å². The van der Waals surface area contributed by atoms with Gasteiger partial charge in [0.25, 0.3) is 0 Å². The first-order valence-electron chi connectivity index (χ1n) is 12.1. The molecular formula is C28H36N4O2S. The second kappa shape index (κ2) is 13.1. The number of carbonyl (C=O) groups is 2. The molecule has 0 bridgehead atoms. The lowest BCUT2D eigenvalue weighted by molar-refractivity contribution is -0.123. The predicted octanol–water partition coefficient (Wildman–Crippen LogP) is 5.38. The number of hydrogen-bond acceptors (Lipinski definition) is 4. The molecule has 1 heterocycles. The average Bonchev–Trinajstić information content (AvgIpc) is 3.37. The van der Waals surface area contributed by atoms with Gasteiger partial charge in [-0.05, 0) is 62.4 Å². The Morgan fingerprint density at radius 2 is 1.57 bits per heavy atom. The fourth-order valence-corrected chi connectivity index (χ4v) is 4.82. The molecule has 0 radical (unpaired) electrons. The van der Waals surface area contributed by atoms with E-state index in [1.54, 1.807) is 11.3 Å². The molecule has 1 aromatic heterocycles. The summed E-state index contributed by atoms with van der Waals surface area (Å²) in [6, 6.07) is 21.2. The van der Waals surface area contributed by atoms with Gasteiger partial charge in [0.15, 0.2) is 0 Å². The molecule has 3 N–H and O–H groups in total. The number of benzene rings is 2. The zero-order valence-electron chi connectivity index (χ0n) is 21.0. The molecule has 0 saturated carbocycles. The predicted molar refractivity (Wildman–Crippen MR) is 146 cm³/mol. The summed E-state index contributed by atoms with van der Waals surface area (Å²) in [4.78, 5) is 29.3. The summed E-state index contributed by atoms with van der Waals surface area (Å²) in [6.07, 6.45) is 0.412. The van der Waals surface area contributed by atoms with E-state index in [1.165, 1.54) is 4.88 Å². The third-order valence-electron chi connectivity index (χ3n) is 5.85. The number of amides is 3. The van der Waals surface area contributed by atoms with E-state index in [2.05, 4.69) is 54.6 Å². The van der Waals surface area contributed by atoms with E-state index in [1.807, 2.05) is 66.0 Å². The highest BCUT2D eigenvalue weighted by atomic mass is 32.1. The van der Waals surface area contributed by atoms with Crippen molar-refractivity contribution < 1.29 is 9.59 Å². The minimum atomic E-state index is -0.686. The quantitative estimate of drug-likeness (QED) is 0.336. The Morgan fingerprint density at radius 1 is 0.886 bits per heavy atom. The van der Waals surface area contributed by atoms with Crippen LogP contribution in [-0.4, -0.2) is 48.1 Å². The molecule has 0 aliphatic heterocycles. The monoisotopic (exact) mass is 492 g/mol. The van der Waals surface area contributed by atoms with Crippen molar-refractivity contribution in [3.8, 4) is 10.4 Å². The van der Waals surface area contributed by atoms with Crippen molar-refractivity contribution in [1.29, 1.82) is 0 Å². The molecule has 3 aromatic rings. The van der Waals surface area contributed by atoms with Crippen molar-refractivity contribution in [2.24, 2.45) is 0 Å². The van der Waals surface area contributed by atoms with Gasteiger partial charge in [-0.2, -0.15) is 0 Å². The highest BCUT2D eigenvalue weighted by molar-refractivity contribution is 7.13. The Hall–Kier alpha value is -3.16. The molecule has 6 nitrogen and oxygen atoms in total. The topological polar surface area (TPSA) is 73.5 Å². The van der Waals surface area contributed by atoms with Crippen molar-refractivity contribution in [2.75, 3.05) is 18.4 Å². The fraction of sp³-hybridized carbons (Fsp3) is 0.357. The zero-order valence-corrected chi connectivity index (χ0v) is 21.8. The largest absolute Gasteiger partial charge is 0.353 e. The van der Waals surface area contributed by atoms with E-state index in [9.17, 15) is 9.59 Å². The van der Waals surface area contributed by atoms with Crippen molar-refractivity contribution in [1.82, 2.24) is 15.5 Å². The van der Waals surface area contributed by atoms with Gasteiger partial charge in [-0.15, -0.1) is 11.3 Å². The molecule has 2 aromatic carbocycles. The first-order valence-corrected chi connectivity index (χ1v) is 13.0. The van der Waals surface area contributed by atoms with Crippen LogP contribution in [0.2, 0.25) is 0 Å². The number of urea groups is 1. The summed E-state index contributed by atoms with van der Waals surface area (Å²) in [5.74, 6) is -0.190. The van der Waals surface area contributed by atoms with Gasteiger partial charge in [0.2, 0.25) is 5.91 Å². The number of hydrogen-bond donors (Lipinski definition) is 3. The molecule has 3 rings (SSSR count). The molecule has 7 heteroatoms. The summed E-state index contributed by atoms with van der Waals surface area (Å²) in [5, 5.41) is 10.8. The van der Waals surface area contributed by atoms with Crippen LogP contribution in [-0.2, 0) is 11.2 Å². The minimum absolute atomic E-state index is 0.190. The Labute approximate surface area is 212 Å². The molecule has 0 fully saturated rings. The fourth-order valence-electron chi connectivity index (χ4n) is 4.09. The van der Waals surface area contributed by atoms with Gasteiger partial charge < -0.3 is 16.0 Å². The van der Waals surface area contributed by atoms with Gasteiger partial charge in [-0.25, -0.2) is 4.79 Å². The number of rotatable bonds is 11. The SMILES string of the molecule is CC(C)N(CCNC(=O)[C@H](Cc1ccccc1)NC(=O)Nc1ccc(-c2cccs2)cc1)C(C)C. The van der Waals surface area contributed by atoms with E-state index in [4.69, 9.17) is 0 Å². The first kappa shape index (κ1) is 26.4. The first-order chi connectivity index (χ1) is 16.8. The number of nitrogens with one attached hydrogen (secondary N) is 3. The molecule has 0 unspecified atom stereocenters. The minimum Gasteiger partial charge on any atom is -0.353 e. The number of carbonyl (C=O) groups excluding carboxylic acids is 2. The lowest BCUT2D eigenvalue weighted by Gasteiger charge is -2.30. The Bertz CT molecular complexity index is 1040. The van der Waals surface area contributed by atoms with Crippen LogP contribution in [0.1, 0.15) is 33.3 Å². The molecule has 3 amide bonds. The summed E-state index contributed by atoms with van der Waals surface area (Å²) in [7, 11) is 0. The standard InChI is InChI=1S/C28H36N4O2S/c1-20(2)32(21(3)4)17-16-29-27(33)25(19-22-9-6-5-7-10-22)31-28(34)30-24-14-12-23(13-15-24)26-11-8-18-35-26/h5-15,18,20-21,25H,16-17,19H2,1-4H3,(H,29,33)(H2,30,31,34)/t25-/m0/s1. The number of nitrogens with zero attached hydrogens (tertiary/aromatic N) is 1. The van der Waals surface area contributed by atoms with Crippen LogP contribution in [0.15, 0.2) is 72.1 Å². The van der Waals surface area contributed by atoms with Crippen LogP contribution in [0.5, 0.6) is 0 Å². The second-order valence-electron chi connectivity index (χ2n) is 9.11. The maximum absolute atomic E-state index is 13.1. The highest BCUT2D eigenvalue weighted by Crippen LogP contribution is 2.25. The van der Waals surface area contributed by atoms with E-state index >= 15 is 0 Å². The Kier molecular flexibility index (Phi) is 9.87. The summed E-state index contributed by atoms with van der Waals surface area (Å²) >= 11 is 1.67. The average molecular weight is 493 g/mol. The van der Waals surface area contributed by atoms with E-state index in [0.717, 1.165) is 17.7 Å². The smallest absolute Gasteiger partial charge is 0.319 e. The van der Waals surface area contributed by atoms with Gasteiger partial charge >= 0.3 is 6.03 Å². The van der Waals surface area contributed by atoms with Gasteiger partial charge in [0.05, 0.1) is 0 Å². The third-order valence-corrected chi connectivity index (χ3v) is 6.77. The van der Waals surface area contributed by atoms with Crippen LogP contribution >= 0.6 is 11.3 Å². The van der Waals surface area contributed by atoms with E-state index in [0.29, 0.717) is 30.7 Å². The van der Waals surface area contributed by atoms with Crippen molar-refractivity contribution in [2.45, 2.75) is 52.2 Å². The van der Waals surface area contributed by atoms with Crippen LogP contribution in [0.3, 0.4) is 0 Å². The molecule has 1 atom stereocenters. The van der Waals surface area contributed by atoms with Crippen LogP contribution in [0, 0.1) is 0 Å². The second-order valence-corrected chi connectivity index (χ2v) is 10.1. The zero-order chi connectivity index (χ0) is 25.2. The summed E-state index contributed by atoms with van der Waals surface area (Å²) in [5.41, 5.74) is 2.76. The van der Waals surface area contributed by atoms with Gasteiger partial charge in [0, 0.05) is 42.2 Å². The Morgan fingerprint density at radius 3 is 2.17 bits per heavy atom. The lowest BCUT2D eigenvalue weighted by atomic mass is 10.1. The van der Waals surface area contributed by atoms with Crippen LogP contribution < -0.4 is 16.0 Å². The lowest BCUT2D eigenvalue weighted by Crippen LogP contribution is -2.51. The molecule has 0 spiro atoms. The molecule has 0 aliphatic rings. The third kappa shape index (κ3) is 8.23.